The fraction of sp³-hybridized carbons (Fsp3) is 0.172. The van der Waals surface area contributed by atoms with Gasteiger partial charge in [0.15, 0.2) is 13.5 Å². The fourth-order valence-corrected chi connectivity index (χ4v) is 5.42. The Morgan fingerprint density at radius 3 is 1.51 bits per heavy atom. The molecule has 0 spiro atoms. The van der Waals surface area contributed by atoms with Gasteiger partial charge < -0.3 is 19.3 Å². The minimum absolute atomic E-state index is 0.528. The first kappa shape index (κ1) is 22.3. The number of benzene rings is 4. The van der Waals surface area contributed by atoms with Gasteiger partial charge in [0, 0.05) is 34.0 Å². The number of hydrogen-bond donors (Lipinski definition) is 2. The quantitative estimate of drug-likeness (QED) is 0.311. The molecule has 2 aliphatic rings. The Morgan fingerprint density at radius 1 is 0.600 bits per heavy atom. The first-order valence-electron chi connectivity index (χ1n) is 11.7. The molecule has 0 saturated carbocycles. The van der Waals surface area contributed by atoms with E-state index in [2.05, 4.69) is 83.6 Å². The van der Waals surface area contributed by atoms with Crippen LogP contribution in [-0.4, -0.2) is 13.5 Å². The molecular weight excluding hydrogens is 472 g/mol. The average molecular weight is 499 g/mol. The van der Waals surface area contributed by atoms with Gasteiger partial charge in [-0.05, 0) is 66.1 Å². The van der Waals surface area contributed by atoms with Crippen LogP contribution in [-0.2, 0) is 19.5 Å². The summed E-state index contributed by atoms with van der Waals surface area (Å²) in [5.74, 6) is 1.92. The van der Waals surface area contributed by atoms with Gasteiger partial charge in [0.1, 0.15) is 11.5 Å². The molecule has 0 radical (unpaired) electrons. The number of para-hydroxylation sites is 2. The Kier molecular flexibility index (Phi) is 6.00. The van der Waals surface area contributed by atoms with Gasteiger partial charge in [0.25, 0.3) is 0 Å². The van der Waals surface area contributed by atoms with E-state index in [9.17, 15) is 0 Å². The molecule has 2 heterocycles. The Bertz CT molecular complexity index is 1290. The third-order valence-electron chi connectivity index (χ3n) is 6.58. The Hall–Kier alpha value is -3.22. The second-order valence-corrected chi connectivity index (χ2v) is 9.94. The smallest absolute Gasteiger partial charge is 0.161 e. The predicted octanol–water partition coefficient (Wildman–Crippen LogP) is 6.57. The van der Waals surface area contributed by atoms with Crippen LogP contribution >= 0.6 is 25.3 Å². The van der Waals surface area contributed by atoms with E-state index in [1.807, 2.05) is 36.4 Å². The lowest BCUT2D eigenvalue weighted by molar-refractivity contribution is 0.288. The van der Waals surface area contributed by atoms with Crippen molar-refractivity contribution in [2.75, 3.05) is 23.3 Å². The Labute approximate surface area is 216 Å². The number of thiol groups is 2. The first-order valence-corrected chi connectivity index (χ1v) is 12.6. The van der Waals surface area contributed by atoms with E-state index in [-0.39, 0.29) is 0 Å². The zero-order valence-corrected chi connectivity index (χ0v) is 21.0. The highest BCUT2D eigenvalue weighted by atomic mass is 32.1. The summed E-state index contributed by atoms with van der Waals surface area (Å²) in [6.07, 6.45) is 0.854. The van der Waals surface area contributed by atoms with Crippen LogP contribution in [0.1, 0.15) is 22.3 Å². The average Bonchev–Trinajstić information content (AvgIpc) is 2.88. The normalized spacial score (nSPS) is 14.6. The van der Waals surface area contributed by atoms with Crippen LogP contribution in [0.3, 0.4) is 0 Å². The lowest BCUT2D eigenvalue weighted by Gasteiger charge is -2.32. The second kappa shape index (κ2) is 9.44. The van der Waals surface area contributed by atoms with Crippen molar-refractivity contribution in [3.05, 3.63) is 107 Å². The summed E-state index contributed by atoms with van der Waals surface area (Å²) in [4.78, 5) is 6.36. The van der Waals surface area contributed by atoms with Crippen molar-refractivity contribution in [2.45, 2.75) is 29.3 Å². The molecule has 4 nitrogen and oxygen atoms in total. The number of anilines is 2. The molecule has 4 aromatic carbocycles. The zero-order chi connectivity index (χ0) is 23.8. The molecule has 0 saturated heterocycles. The lowest BCUT2D eigenvalue weighted by atomic mass is 9.99. The highest BCUT2D eigenvalue weighted by molar-refractivity contribution is 7.80. The summed E-state index contributed by atoms with van der Waals surface area (Å²) in [6.45, 7) is 2.66. The van der Waals surface area contributed by atoms with E-state index in [0.29, 0.717) is 13.5 Å². The zero-order valence-electron chi connectivity index (χ0n) is 19.2. The van der Waals surface area contributed by atoms with Gasteiger partial charge in [-0.3, -0.25) is 0 Å². The summed E-state index contributed by atoms with van der Waals surface area (Å²) >= 11 is 9.25. The van der Waals surface area contributed by atoms with Gasteiger partial charge in [0.05, 0.1) is 11.4 Å². The molecule has 4 aromatic rings. The van der Waals surface area contributed by atoms with E-state index < -0.39 is 0 Å². The van der Waals surface area contributed by atoms with Crippen LogP contribution in [0.2, 0.25) is 0 Å². The lowest BCUT2D eigenvalue weighted by Crippen LogP contribution is -2.32. The van der Waals surface area contributed by atoms with Gasteiger partial charge in [0.2, 0.25) is 0 Å². The first-order chi connectivity index (χ1) is 17.1. The summed E-state index contributed by atoms with van der Waals surface area (Å²) < 4.78 is 12.1. The third kappa shape index (κ3) is 4.56. The maximum absolute atomic E-state index is 6.05. The SMILES string of the molecule is Sc1ccccc1N1COc2ccc(Cc3ccc4c(c3)CN(c3ccccc3S)CO4)cc2C1. The van der Waals surface area contributed by atoms with Crippen LogP contribution in [0.25, 0.3) is 0 Å². The van der Waals surface area contributed by atoms with Gasteiger partial charge in [-0.25, -0.2) is 0 Å². The van der Waals surface area contributed by atoms with Crippen LogP contribution in [0.15, 0.2) is 94.7 Å². The minimum Gasteiger partial charge on any atom is -0.473 e. The number of rotatable bonds is 4. The van der Waals surface area contributed by atoms with Crippen molar-refractivity contribution in [1.82, 2.24) is 0 Å². The van der Waals surface area contributed by atoms with Gasteiger partial charge in [-0.2, -0.15) is 0 Å². The monoisotopic (exact) mass is 498 g/mol. The molecule has 6 rings (SSSR count). The second-order valence-electron chi connectivity index (χ2n) is 8.98. The van der Waals surface area contributed by atoms with E-state index in [4.69, 9.17) is 9.47 Å². The minimum atomic E-state index is 0.528. The largest absolute Gasteiger partial charge is 0.473 e. The fourth-order valence-electron chi connectivity index (χ4n) is 4.82. The molecule has 0 amide bonds. The molecule has 0 N–H and O–H groups in total. The summed E-state index contributed by atoms with van der Waals surface area (Å²) in [5, 5.41) is 0. The number of fused-ring (bicyclic) bond motifs is 2. The molecule has 6 heteroatoms. The molecule has 2 aliphatic heterocycles. The Morgan fingerprint density at radius 2 is 1.06 bits per heavy atom. The van der Waals surface area contributed by atoms with Crippen LogP contribution in [0.4, 0.5) is 11.4 Å². The summed E-state index contributed by atoms with van der Waals surface area (Å²) in [7, 11) is 0. The summed E-state index contributed by atoms with van der Waals surface area (Å²) in [6, 6.07) is 29.4. The van der Waals surface area contributed by atoms with E-state index in [1.165, 1.54) is 22.3 Å². The van der Waals surface area contributed by atoms with Crippen molar-refractivity contribution in [3.63, 3.8) is 0 Å². The molecular formula is C29H26N2O2S2. The van der Waals surface area contributed by atoms with E-state index >= 15 is 0 Å². The van der Waals surface area contributed by atoms with Gasteiger partial charge in [-0.1, -0.05) is 36.4 Å². The maximum atomic E-state index is 6.05. The van der Waals surface area contributed by atoms with Crippen LogP contribution in [0, 0.1) is 0 Å². The molecule has 0 fully saturated rings. The highest BCUT2D eigenvalue weighted by Crippen LogP contribution is 2.34. The maximum Gasteiger partial charge on any atom is 0.161 e. The number of hydrogen-bond acceptors (Lipinski definition) is 6. The van der Waals surface area contributed by atoms with Crippen molar-refractivity contribution >= 4 is 36.6 Å². The van der Waals surface area contributed by atoms with Crippen LogP contribution in [0.5, 0.6) is 11.5 Å². The van der Waals surface area contributed by atoms with Gasteiger partial charge in [-0.15, -0.1) is 25.3 Å². The molecule has 0 bridgehead atoms. The molecule has 0 aromatic heterocycles. The molecule has 0 aliphatic carbocycles. The molecule has 0 unspecified atom stereocenters. The van der Waals surface area contributed by atoms with E-state index in [1.54, 1.807) is 0 Å². The third-order valence-corrected chi connectivity index (χ3v) is 7.33. The van der Waals surface area contributed by atoms with E-state index in [0.717, 1.165) is 52.2 Å². The summed E-state index contributed by atoms with van der Waals surface area (Å²) in [5.41, 5.74) is 7.11. The standard InChI is InChI=1S/C29H26N2O2S2/c34-28-7-3-1-5-24(28)30-16-22-14-20(9-11-26(22)32-18-30)13-21-10-12-27-23(15-21)17-31(19-33-27)25-6-2-4-8-29(25)35/h1-12,14-15,34-35H,13,16-19H2. The van der Waals surface area contributed by atoms with Gasteiger partial charge >= 0.3 is 0 Å². The predicted molar refractivity (Wildman–Crippen MR) is 146 cm³/mol. The van der Waals surface area contributed by atoms with Crippen molar-refractivity contribution < 1.29 is 9.47 Å². The van der Waals surface area contributed by atoms with Crippen molar-refractivity contribution in [1.29, 1.82) is 0 Å². The Balaban J connectivity index is 1.21. The van der Waals surface area contributed by atoms with Crippen LogP contribution < -0.4 is 19.3 Å². The topological polar surface area (TPSA) is 24.9 Å². The molecule has 0 atom stereocenters. The van der Waals surface area contributed by atoms with Crippen molar-refractivity contribution in [2.24, 2.45) is 0 Å². The highest BCUT2D eigenvalue weighted by Gasteiger charge is 2.21. The molecule has 176 valence electrons. The van der Waals surface area contributed by atoms with Crippen molar-refractivity contribution in [3.8, 4) is 11.5 Å². The molecule has 35 heavy (non-hydrogen) atoms. The number of nitrogens with zero attached hydrogens (tertiary/aromatic N) is 2. The number of ether oxygens (including phenoxy) is 2.